The summed E-state index contributed by atoms with van der Waals surface area (Å²) in [6, 6.07) is 0. The van der Waals surface area contributed by atoms with Crippen molar-refractivity contribution in [3.05, 3.63) is 27.7 Å². The minimum absolute atomic E-state index is 0.783. The van der Waals surface area contributed by atoms with Crippen LogP contribution in [0.25, 0.3) is 0 Å². The van der Waals surface area contributed by atoms with E-state index >= 15 is 0 Å². The van der Waals surface area contributed by atoms with Gasteiger partial charge in [0.2, 0.25) is 0 Å². The molecule has 0 radical (unpaired) electrons. The molecular formula is C12H18N2OS. The maximum atomic E-state index is 5.39. The molecule has 1 N–H and O–H groups in total. The molecule has 0 fully saturated rings. The van der Waals surface area contributed by atoms with Crippen molar-refractivity contribution >= 4 is 11.3 Å². The molecule has 16 heavy (non-hydrogen) atoms. The molecule has 1 aliphatic heterocycles. The molecule has 2 heterocycles. The van der Waals surface area contributed by atoms with E-state index in [4.69, 9.17) is 4.74 Å². The Morgan fingerprint density at radius 3 is 3.12 bits per heavy atom. The van der Waals surface area contributed by atoms with Crippen molar-refractivity contribution in [3.63, 3.8) is 0 Å². The van der Waals surface area contributed by atoms with Crippen molar-refractivity contribution in [3.8, 4) is 0 Å². The van der Waals surface area contributed by atoms with Gasteiger partial charge in [0.15, 0.2) is 0 Å². The van der Waals surface area contributed by atoms with Crippen LogP contribution in [0.2, 0.25) is 0 Å². The number of hydrogen-bond acceptors (Lipinski definition) is 4. The van der Waals surface area contributed by atoms with E-state index in [-0.39, 0.29) is 0 Å². The maximum Gasteiger partial charge on any atom is 0.107 e. The highest BCUT2D eigenvalue weighted by molar-refractivity contribution is 7.11. The average molecular weight is 238 g/mol. The predicted molar refractivity (Wildman–Crippen MR) is 66.7 cm³/mol. The molecule has 1 aromatic heterocycles. The summed E-state index contributed by atoms with van der Waals surface area (Å²) in [5, 5.41) is 4.58. The Hall–Kier alpha value is -0.710. The molecule has 0 saturated heterocycles. The predicted octanol–water partition coefficient (Wildman–Crippen LogP) is 2.14. The van der Waals surface area contributed by atoms with Crippen LogP contribution >= 0.6 is 11.3 Å². The van der Waals surface area contributed by atoms with E-state index in [2.05, 4.69) is 23.3 Å². The second-order valence-corrected chi connectivity index (χ2v) is 5.08. The molecule has 0 unspecified atom stereocenters. The van der Waals surface area contributed by atoms with E-state index in [1.807, 2.05) is 6.20 Å². The summed E-state index contributed by atoms with van der Waals surface area (Å²) in [7, 11) is 0. The number of hydrogen-bond donors (Lipinski definition) is 1. The lowest BCUT2D eigenvalue weighted by Gasteiger charge is -2.13. The van der Waals surface area contributed by atoms with Crippen molar-refractivity contribution < 1.29 is 4.74 Å². The zero-order valence-electron chi connectivity index (χ0n) is 9.66. The quantitative estimate of drug-likeness (QED) is 0.798. The summed E-state index contributed by atoms with van der Waals surface area (Å²) in [5.41, 5.74) is 1.36. The van der Waals surface area contributed by atoms with Crippen molar-refractivity contribution in [1.29, 1.82) is 0 Å². The summed E-state index contributed by atoms with van der Waals surface area (Å²) in [4.78, 5) is 5.73. The second-order valence-electron chi connectivity index (χ2n) is 3.88. The van der Waals surface area contributed by atoms with Crippen LogP contribution in [0, 0.1) is 0 Å². The number of ether oxygens (including phenoxy) is 1. The normalized spacial score (nSPS) is 16.2. The van der Waals surface area contributed by atoms with Gasteiger partial charge in [-0.25, -0.2) is 4.98 Å². The Morgan fingerprint density at radius 2 is 2.44 bits per heavy atom. The van der Waals surface area contributed by atoms with Crippen LogP contribution in [0.5, 0.6) is 0 Å². The molecule has 0 bridgehead atoms. The monoisotopic (exact) mass is 238 g/mol. The Balaban J connectivity index is 1.73. The lowest BCUT2D eigenvalue weighted by molar-refractivity contribution is 0.149. The van der Waals surface area contributed by atoms with E-state index in [9.17, 15) is 0 Å². The fourth-order valence-electron chi connectivity index (χ4n) is 1.65. The summed E-state index contributed by atoms with van der Waals surface area (Å²) < 4.78 is 5.39. The number of nitrogens with zero attached hydrogens (tertiary/aromatic N) is 1. The summed E-state index contributed by atoms with van der Waals surface area (Å²) in [6.45, 7) is 5.60. The third kappa shape index (κ3) is 3.40. The largest absolute Gasteiger partial charge is 0.377 e. The Kier molecular flexibility index (Phi) is 4.51. The third-order valence-electron chi connectivity index (χ3n) is 2.56. The highest BCUT2D eigenvalue weighted by atomic mass is 32.1. The highest BCUT2D eigenvalue weighted by Gasteiger charge is 2.04. The molecule has 0 aromatic carbocycles. The molecule has 2 rings (SSSR count). The molecule has 3 nitrogen and oxygen atoms in total. The van der Waals surface area contributed by atoms with Gasteiger partial charge in [-0.1, -0.05) is 13.0 Å². The van der Waals surface area contributed by atoms with Crippen LogP contribution in [0.15, 0.2) is 17.8 Å². The SMILES string of the molecule is CCc1cnc(CNCC2=CCCOC2)s1. The number of thiazole rings is 1. The van der Waals surface area contributed by atoms with Crippen LogP contribution in [-0.2, 0) is 17.7 Å². The number of nitrogens with one attached hydrogen (secondary N) is 1. The fraction of sp³-hybridized carbons (Fsp3) is 0.583. The lowest BCUT2D eigenvalue weighted by Crippen LogP contribution is -2.20. The van der Waals surface area contributed by atoms with E-state index < -0.39 is 0 Å². The van der Waals surface area contributed by atoms with Crippen LogP contribution in [-0.4, -0.2) is 24.7 Å². The minimum Gasteiger partial charge on any atom is -0.377 e. The van der Waals surface area contributed by atoms with E-state index in [1.54, 1.807) is 11.3 Å². The molecule has 1 aromatic rings. The number of rotatable bonds is 5. The van der Waals surface area contributed by atoms with Gasteiger partial charge in [-0.15, -0.1) is 11.3 Å². The molecule has 0 aliphatic carbocycles. The Bertz CT molecular complexity index is 360. The van der Waals surface area contributed by atoms with Crippen molar-refractivity contribution in [2.24, 2.45) is 0 Å². The number of aromatic nitrogens is 1. The zero-order chi connectivity index (χ0) is 11.2. The van der Waals surface area contributed by atoms with Crippen molar-refractivity contribution in [2.75, 3.05) is 19.8 Å². The first-order valence-corrected chi connectivity index (χ1v) is 6.60. The van der Waals surface area contributed by atoms with E-state index in [0.717, 1.165) is 39.1 Å². The van der Waals surface area contributed by atoms with Crippen LogP contribution in [0.4, 0.5) is 0 Å². The smallest absolute Gasteiger partial charge is 0.107 e. The first-order valence-electron chi connectivity index (χ1n) is 5.78. The van der Waals surface area contributed by atoms with Gasteiger partial charge < -0.3 is 10.1 Å². The molecule has 4 heteroatoms. The van der Waals surface area contributed by atoms with Crippen molar-refractivity contribution in [1.82, 2.24) is 10.3 Å². The maximum absolute atomic E-state index is 5.39. The van der Waals surface area contributed by atoms with Gasteiger partial charge in [-0.05, 0) is 18.4 Å². The molecular weight excluding hydrogens is 220 g/mol. The molecule has 0 spiro atoms. The van der Waals surface area contributed by atoms with Crippen LogP contribution in [0.1, 0.15) is 23.2 Å². The van der Waals surface area contributed by atoms with E-state index in [1.165, 1.54) is 15.5 Å². The van der Waals surface area contributed by atoms with Gasteiger partial charge in [0.1, 0.15) is 5.01 Å². The lowest BCUT2D eigenvalue weighted by atomic mass is 10.2. The van der Waals surface area contributed by atoms with Crippen molar-refractivity contribution in [2.45, 2.75) is 26.3 Å². The minimum atomic E-state index is 0.783. The van der Waals surface area contributed by atoms with Gasteiger partial charge in [-0.3, -0.25) is 0 Å². The van der Waals surface area contributed by atoms with Gasteiger partial charge >= 0.3 is 0 Å². The summed E-state index contributed by atoms with van der Waals surface area (Å²) >= 11 is 1.80. The number of aryl methyl sites for hydroxylation is 1. The van der Waals surface area contributed by atoms with Gasteiger partial charge in [0.25, 0.3) is 0 Å². The van der Waals surface area contributed by atoms with Gasteiger partial charge in [0.05, 0.1) is 13.2 Å². The standard InChI is InChI=1S/C12H18N2OS/c1-2-11-7-14-12(16-11)8-13-6-10-4-3-5-15-9-10/h4,7,13H,2-3,5-6,8-9H2,1H3. The highest BCUT2D eigenvalue weighted by Crippen LogP contribution is 2.13. The summed E-state index contributed by atoms with van der Waals surface area (Å²) in [5.74, 6) is 0. The van der Waals surface area contributed by atoms with Gasteiger partial charge in [-0.2, -0.15) is 0 Å². The first-order chi connectivity index (χ1) is 7.88. The molecule has 0 amide bonds. The van der Waals surface area contributed by atoms with Crippen LogP contribution < -0.4 is 5.32 Å². The Morgan fingerprint density at radius 1 is 1.50 bits per heavy atom. The Labute approximate surface area is 101 Å². The first kappa shape index (κ1) is 11.8. The van der Waals surface area contributed by atoms with Crippen LogP contribution in [0.3, 0.4) is 0 Å². The topological polar surface area (TPSA) is 34.2 Å². The summed E-state index contributed by atoms with van der Waals surface area (Å²) in [6.07, 6.45) is 6.38. The fourth-order valence-corrected chi connectivity index (χ4v) is 2.49. The molecule has 88 valence electrons. The molecule has 0 atom stereocenters. The van der Waals surface area contributed by atoms with Gasteiger partial charge in [0, 0.05) is 24.2 Å². The zero-order valence-corrected chi connectivity index (χ0v) is 10.5. The third-order valence-corrected chi connectivity index (χ3v) is 3.70. The molecule has 0 saturated carbocycles. The van der Waals surface area contributed by atoms with E-state index in [0.29, 0.717) is 0 Å². The molecule has 1 aliphatic rings. The average Bonchev–Trinajstić information content (AvgIpc) is 2.78. The second kappa shape index (κ2) is 6.13.